The maximum atomic E-state index is 6.17. The Morgan fingerprint density at radius 1 is 1.20 bits per heavy atom. The average molecular weight is 222 g/mol. The van der Waals surface area contributed by atoms with Gasteiger partial charge in [-0.2, -0.15) is 0 Å². The van der Waals surface area contributed by atoms with Gasteiger partial charge < -0.3 is 4.90 Å². The van der Waals surface area contributed by atoms with Gasteiger partial charge in [0, 0.05) is 18.8 Å². The number of anilines is 1. The van der Waals surface area contributed by atoms with Crippen LogP contribution in [0.4, 0.5) is 5.69 Å². The lowest BCUT2D eigenvalue weighted by Crippen LogP contribution is -2.30. The van der Waals surface area contributed by atoms with E-state index in [0.717, 1.165) is 42.1 Å². The van der Waals surface area contributed by atoms with Crippen molar-refractivity contribution in [3.8, 4) is 0 Å². The minimum Gasteiger partial charge on any atom is -0.371 e. The van der Waals surface area contributed by atoms with Crippen molar-refractivity contribution in [2.45, 2.75) is 26.7 Å². The number of para-hydroxylation sites is 1. The van der Waals surface area contributed by atoms with Gasteiger partial charge in [0.25, 0.3) is 0 Å². The van der Waals surface area contributed by atoms with Crippen LogP contribution in [0.1, 0.15) is 26.7 Å². The SMILES string of the molecule is [B]c1cccc(Cl)c1N(CCC)CCC. The summed E-state index contributed by atoms with van der Waals surface area (Å²) in [5, 5.41) is 0.747. The van der Waals surface area contributed by atoms with Crippen molar-refractivity contribution < 1.29 is 0 Å². The number of hydrogen-bond acceptors (Lipinski definition) is 1. The van der Waals surface area contributed by atoms with E-state index in [4.69, 9.17) is 19.4 Å². The summed E-state index contributed by atoms with van der Waals surface area (Å²) in [5.74, 6) is 0. The summed E-state index contributed by atoms with van der Waals surface area (Å²) in [5.41, 5.74) is 1.76. The molecule has 0 aliphatic heterocycles. The molecule has 0 saturated carbocycles. The van der Waals surface area contributed by atoms with E-state index in [-0.39, 0.29) is 0 Å². The van der Waals surface area contributed by atoms with Crippen LogP contribution in [0.15, 0.2) is 18.2 Å². The van der Waals surface area contributed by atoms with Gasteiger partial charge in [0.15, 0.2) is 0 Å². The fraction of sp³-hybridized carbons (Fsp3) is 0.500. The van der Waals surface area contributed by atoms with Crippen molar-refractivity contribution in [1.82, 2.24) is 0 Å². The molecule has 3 heteroatoms. The van der Waals surface area contributed by atoms with E-state index < -0.39 is 0 Å². The number of nitrogens with zero attached hydrogens (tertiary/aromatic N) is 1. The summed E-state index contributed by atoms with van der Waals surface area (Å²) < 4.78 is 0. The van der Waals surface area contributed by atoms with E-state index in [0.29, 0.717) is 0 Å². The summed E-state index contributed by atoms with van der Waals surface area (Å²) in [4.78, 5) is 2.26. The van der Waals surface area contributed by atoms with Crippen LogP contribution in [0, 0.1) is 0 Å². The molecule has 0 N–H and O–H groups in total. The second-order valence-electron chi connectivity index (χ2n) is 3.66. The van der Waals surface area contributed by atoms with Crippen LogP contribution in [0.25, 0.3) is 0 Å². The van der Waals surface area contributed by atoms with E-state index >= 15 is 0 Å². The molecule has 1 aromatic carbocycles. The molecule has 0 atom stereocenters. The van der Waals surface area contributed by atoms with Crippen molar-refractivity contribution in [3.63, 3.8) is 0 Å². The van der Waals surface area contributed by atoms with Crippen molar-refractivity contribution in [1.29, 1.82) is 0 Å². The maximum Gasteiger partial charge on any atom is 0.116 e. The van der Waals surface area contributed by atoms with E-state index in [1.54, 1.807) is 0 Å². The Hall–Kier alpha value is -0.625. The van der Waals surface area contributed by atoms with Crippen molar-refractivity contribution >= 4 is 30.6 Å². The van der Waals surface area contributed by atoms with Crippen molar-refractivity contribution in [2.24, 2.45) is 0 Å². The highest BCUT2D eigenvalue weighted by Crippen LogP contribution is 2.23. The van der Waals surface area contributed by atoms with Gasteiger partial charge >= 0.3 is 0 Å². The molecule has 80 valence electrons. The van der Waals surface area contributed by atoms with Gasteiger partial charge in [0.2, 0.25) is 0 Å². The first-order valence-electron chi connectivity index (χ1n) is 5.49. The highest BCUT2D eigenvalue weighted by Gasteiger charge is 2.10. The van der Waals surface area contributed by atoms with Crippen LogP contribution >= 0.6 is 11.6 Å². The lowest BCUT2D eigenvalue weighted by molar-refractivity contribution is 0.747. The van der Waals surface area contributed by atoms with E-state index in [9.17, 15) is 0 Å². The highest BCUT2D eigenvalue weighted by molar-refractivity contribution is 6.41. The molecular weight excluding hydrogens is 204 g/mol. The van der Waals surface area contributed by atoms with Gasteiger partial charge in [-0.1, -0.05) is 43.0 Å². The first-order valence-corrected chi connectivity index (χ1v) is 5.87. The second kappa shape index (κ2) is 6.07. The molecule has 0 fully saturated rings. The Bertz CT molecular complexity index is 288. The first kappa shape index (κ1) is 12.4. The van der Waals surface area contributed by atoms with E-state index in [2.05, 4.69) is 18.7 Å². The van der Waals surface area contributed by atoms with Gasteiger partial charge in [0.05, 0.1) is 5.02 Å². The van der Waals surface area contributed by atoms with Crippen LogP contribution in [-0.2, 0) is 0 Å². The summed E-state index contributed by atoms with van der Waals surface area (Å²) in [7, 11) is 5.96. The summed E-state index contributed by atoms with van der Waals surface area (Å²) in [6, 6.07) is 5.68. The lowest BCUT2D eigenvalue weighted by atomic mass is 9.93. The summed E-state index contributed by atoms with van der Waals surface area (Å²) in [6.07, 6.45) is 2.20. The first-order chi connectivity index (χ1) is 7.20. The van der Waals surface area contributed by atoms with Crippen molar-refractivity contribution in [3.05, 3.63) is 23.2 Å². The zero-order chi connectivity index (χ0) is 11.3. The van der Waals surface area contributed by atoms with Crippen LogP contribution in [0.5, 0.6) is 0 Å². The fourth-order valence-corrected chi connectivity index (χ4v) is 2.04. The van der Waals surface area contributed by atoms with Gasteiger partial charge in [-0.3, -0.25) is 0 Å². The largest absolute Gasteiger partial charge is 0.371 e. The third-order valence-electron chi connectivity index (χ3n) is 2.32. The predicted molar refractivity (Wildman–Crippen MR) is 69.6 cm³/mol. The summed E-state index contributed by atoms with van der Waals surface area (Å²) in [6.45, 7) is 6.33. The molecule has 0 unspecified atom stereocenters. The molecule has 0 amide bonds. The highest BCUT2D eigenvalue weighted by atomic mass is 35.5. The van der Waals surface area contributed by atoms with E-state index in [1.165, 1.54) is 0 Å². The average Bonchev–Trinajstić information content (AvgIpc) is 2.18. The topological polar surface area (TPSA) is 3.24 Å². The smallest absolute Gasteiger partial charge is 0.116 e. The van der Waals surface area contributed by atoms with Gasteiger partial charge in [-0.25, -0.2) is 0 Å². The molecule has 1 aromatic rings. The van der Waals surface area contributed by atoms with E-state index in [1.807, 2.05) is 18.2 Å². The number of hydrogen-bond donors (Lipinski definition) is 0. The van der Waals surface area contributed by atoms with Gasteiger partial charge in [0.1, 0.15) is 7.85 Å². The molecule has 2 radical (unpaired) electrons. The molecule has 15 heavy (non-hydrogen) atoms. The number of benzene rings is 1. The molecule has 0 heterocycles. The van der Waals surface area contributed by atoms with Crippen molar-refractivity contribution in [2.75, 3.05) is 18.0 Å². The Morgan fingerprint density at radius 2 is 1.80 bits per heavy atom. The van der Waals surface area contributed by atoms with Crippen LogP contribution in [-0.4, -0.2) is 20.9 Å². The molecule has 0 aliphatic carbocycles. The second-order valence-corrected chi connectivity index (χ2v) is 4.07. The van der Waals surface area contributed by atoms with Gasteiger partial charge in [-0.15, -0.1) is 0 Å². The zero-order valence-electron chi connectivity index (χ0n) is 9.46. The molecule has 0 aromatic heterocycles. The molecule has 1 nitrogen and oxygen atoms in total. The van der Waals surface area contributed by atoms with Crippen LogP contribution in [0.3, 0.4) is 0 Å². The molecule has 0 saturated heterocycles. The van der Waals surface area contributed by atoms with Crippen LogP contribution in [0.2, 0.25) is 5.02 Å². The monoisotopic (exact) mass is 221 g/mol. The van der Waals surface area contributed by atoms with Crippen LogP contribution < -0.4 is 10.4 Å². The third kappa shape index (κ3) is 3.17. The Morgan fingerprint density at radius 3 is 2.27 bits per heavy atom. The zero-order valence-corrected chi connectivity index (χ0v) is 10.2. The third-order valence-corrected chi connectivity index (χ3v) is 2.63. The Balaban J connectivity index is 2.98. The molecular formula is C12H17BClN. The van der Waals surface area contributed by atoms with Gasteiger partial charge in [-0.05, 0) is 18.9 Å². The number of rotatable bonds is 5. The number of halogens is 1. The minimum absolute atomic E-state index is 0.747. The molecule has 0 spiro atoms. The Labute approximate surface area is 98.8 Å². The molecule has 0 bridgehead atoms. The normalized spacial score (nSPS) is 10.3. The fourth-order valence-electron chi connectivity index (χ4n) is 1.74. The Kier molecular flexibility index (Phi) is 5.03. The quantitative estimate of drug-likeness (QED) is 0.691. The lowest BCUT2D eigenvalue weighted by Gasteiger charge is -2.26. The molecule has 1 rings (SSSR count). The standard InChI is InChI=1S/C12H17BClN/c1-3-8-15(9-4-2)12-10(13)6-5-7-11(12)14/h5-7H,3-4,8-9H2,1-2H3. The summed E-state index contributed by atoms with van der Waals surface area (Å²) >= 11 is 6.17. The maximum absolute atomic E-state index is 6.17. The molecule has 0 aliphatic rings. The minimum atomic E-state index is 0.747. The predicted octanol–water partition coefficient (Wildman–Crippen LogP) is 2.76.